The molecule has 0 spiro atoms. The zero-order chi connectivity index (χ0) is 13.1. The summed E-state index contributed by atoms with van der Waals surface area (Å²) in [5.41, 5.74) is 9.74. The maximum Gasteiger partial charge on any atom is 0.151 e. The summed E-state index contributed by atoms with van der Waals surface area (Å²) in [6, 6.07) is 3.66. The van der Waals surface area contributed by atoms with Crippen molar-refractivity contribution < 1.29 is 0 Å². The van der Waals surface area contributed by atoms with Crippen LogP contribution >= 0.6 is 11.3 Å². The highest BCUT2D eigenvalue weighted by molar-refractivity contribution is 7.09. The van der Waals surface area contributed by atoms with Crippen LogP contribution in [0.25, 0.3) is 0 Å². The van der Waals surface area contributed by atoms with Crippen molar-refractivity contribution in [2.75, 3.05) is 17.7 Å². The summed E-state index contributed by atoms with van der Waals surface area (Å²) in [5, 5.41) is 8.77. The first kappa shape index (κ1) is 12.3. The Bertz CT molecular complexity index is 599. The van der Waals surface area contributed by atoms with Crippen LogP contribution in [0.2, 0.25) is 0 Å². The quantitative estimate of drug-likeness (QED) is 0.911. The largest absolute Gasteiger partial charge is 0.396 e. The molecule has 0 unspecified atom stereocenters. The number of nitrogen functional groups attached to an aromatic ring is 1. The molecule has 2 rings (SSSR count). The molecule has 0 saturated heterocycles. The highest BCUT2D eigenvalue weighted by Gasteiger charge is 2.11. The summed E-state index contributed by atoms with van der Waals surface area (Å²) in [6.07, 6.45) is 1.53. The number of hydrogen-bond acceptors (Lipinski definition) is 6. The second-order valence-electron chi connectivity index (χ2n) is 3.97. The molecule has 0 aliphatic rings. The second kappa shape index (κ2) is 5.02. The van der Waals surface area contributed by atoms with E-state index in [0.717, 1.165) is 5.69 Å². The third-order valence-corrected chi connectivity index (χ3v) is 3.53. The molecule has 2 N–H and O–H groups in total. The normalized spacial score (nSPS) is 10.1. The fourth-order valence-electron chi connectivity index (χ4n) is 1.62. The van der Waals surface area contributed by atoms with Crippen molar-refractivity contribution in [3.63, 3.8) is 0 Å². The van der Waals surface area contributed by atoms with Gasteiger partial charge in [-0.2, -0.15) is 5.26 Å². The molecule has 5 nitrogen and oxygen atoms in total. The van der Waals surface area contributed by atoms with Crippen molar-refractivity contribution in [2.24, 2.45) is 0 Å². The number of rotatable bonds is 3. The SMILES string of the molecule is Cc1ncsc1CN(C)c1ncc(C#N)cc1N. The highest BCUT2D eigenvalue weighted by atomic mass is 32.1. The van der Waals surface area contributed by atoms with Gasteiger partial charge in [0.25, 0.3) is 0 Å². The van der Waals surface area contributed by atoms with Crippen molar-refractivity contribution in [3.8, 4) is 6.07 Å². The van der Waals surface area contributed by atoms with Gasteiger partial charge in [0.2, 0.25) is 0 Å². The van der Waals surface area contributed by atoms with Gasteiger partial charge in [0.05, 0.1) is 29.0 Å². The van der Waals surface area contributed by atoms with Gasteiger partial charge in [0.1, 0.15) is 6.07 Å². The van der Waals surface area contributed by atoms with Gasteiger partial charge < -0.3 is 10.6 Å². The predicted molar refractivity (Wildman–Crippen MR) is 72.3 cm³/mol. The summed E-state index contributed by atoms with van der Waals surface area (Å²) < 4.78 is 0. The molecule has 0 bridgehead atoms. The van der Waals surface area contributed by atoms with Crippen LogP contribution in [0.4, 0.5) is 11.5 Å². The monoisotopic (exact) mass is 259 g/mol. The van der Waals surface area contributed by atoms with E-state index in [1.54, 1.807) is 17.4 Å². The number of thiazole rings is 1. The molecule has 2 aromatic heterocycles. The Labute approximate surface area is 110 Å². The number of hydrogen-bond donors (Lipinski definition) is 1. The molecule has 0 fully saturated rings. The fraction of sp³-hybridized carbons (Fsp3) is 0.250. The zero-order valence-electron chi connectivity index (χ0n) is 10.2. The van der Waals surface area contributed by atoms with Gasteiger partial charge >= 0.3 is 0 Å². The van der Waals surface area contributed by atoms with E-state index in [2.05, 4.69) is 9.97 Å². The van der Waals surface area contributed by atoms with E-state index >= 15 is 0 Å². The van der Waals surface area contributed by atoms with Gasteiger partial charge in [-0.15, -0.1) is 11.3 Å². The number of nitriles is 1. The standard InChI is InChI=1S/C12H13N5S/c1-8-11(18-7-16-8)6-17(2)12-10(14)3-9(4-13)5-15-12/h3,5,7H,6,14H2,1-2H3. The van der Waals surface area contributed by atoms with E-state index in [1.165, 1.54) is 11.1 Å². The molecule has 0 aromatic carbocycles. The lowest BCUT2D eigenvalue weighted by molar-refractivity contribution is 0.903. The molecular formula is C12H13N5S. The maximum atomic E-state index is 8.77. The lowest BCUT2D eigenvalue weighted by Crippen LogP contribution is -2.19. The maximum absolute atomic E-state index is 8.77. The van der Waals surface area contributed by atoms with Gasteiger partial charge in [0, 0.05) is 18.1 Å². The number of nitrogens with zero attached hydrogens (tertiary/aromatic N) is 4. The smallest absolute Gasteiger partial charge is 0.151 e. The van der Waals surface area contributed by atoms with Crippen LogP contribution in [-0.2, 0) is 6.54 Å². The first-order valence-corrected chi connectivity index (χ1v) is 6.25. The van der Waals surface area contributed by atoms with Crippen LogP contribution in [0.15, 0.2) is 17.8 Å². The molecule has 6 heteroatoms. The van der Waals surface area contributed by atoms with Crippen molar-refractivity contribution >= 4 is 22.8 Å². The summed E-state index contributed by atoms with van der Waals surface area (Å²) in [7, 11) is 1.92. The van der Waals surface area contributed by atoms with E-state index < -0.39 is 0 Å². The molecular weight excluding hydrogens is 246 g/mol. The Kier molecular flexibility index (Phi) is 3.44. The first-order valence-electron chi connectivity index (χ1n) is 5.37. The Balaban J connectivity index is 2.22. The lowest BCUT2D eigenvalue weighted by Gasteiger charge is -2.19. The van der Waals surface area contributed by atoms with E-state index in [9.17, 15) is 0 Å². The molecule has 18 heavy (non-hydrogen) atoms. The minimum Gasteiger partial charge on any atom is -0.396 e. The Morgan fingerprint density at radius 3 is 2.83 bits per heavy atom. The highest BCUT2D eigenvalue weighted by Crippen LogP contribution is 2.23. The van der Waals surface area contributed by atoms with Crippen molar-refractivity contribution in [1.29, 1.82) is 5.26 Å². The number of aromatic nitrogens is 2. The second-order valence-corrected chi connectivity index (χ2v) is 4.90. The number of anilines is 2. The number of nitrogens with two attached hydrogens (primary N) is 1. The van der Waals surface area contributed by atoms with Crippen LogP contribution in [-0.4, -0.2) is 17.0 Å². The Hall–Kier alpha value is -2.13. The fourth-order valence-corrected chi connectivity index (χ4v) is 2.45. The molecule has 92 valence electrons. The first-order chi connectivity index (χ1) is 8.61. The number of pyridine rings is 1. The molecule has 0 atom stereocenters. The van der Waals surface area contributed by atoms with Gasteiger partial charge in [-0.05, 0) is 13.0 Å². The van der Waals surface area contributed by atoms with Crippen molar-refractivity contribution in [3.05, 3.63) is 33.9 Å². The van der Waals surface area contributed by atoms with Gasteiger partial charge in [-0.1, -0.05) is 0 Å². The molecule has 2 aromatic rings. The predicted octanol–water partition coefficient (Wildman–Crippen LogP) is 1.94. The average molecular weight is 259 g/mol. The van der Waals surface area contributed by atoms with Crippen LogP contribution in [0, 0.1) is 18.3 Å². The van der Waals surface area contributed by atoms with E-state index in [0.29, 0.717) is 23.6 Å². The Morgan fingerprint density at radius 1 is 1.50 bits per heavy atom. The molecule has 0 saturated carbocycles. The third kappa shape index (κ3) is 2.41. The summed E-state index contributed by atoms with van der Waals surface area (Å²) >= 11 is 1.61. The van der Waals surface area contributed by atoms with Crippen LogP contribution < -0.4 is 10.6 Å². The van der Waals surface area contributed by atoms with E-state index in [-0.39, 0.29) is 0 Å². The zero-order valence-corrected chi connectivity index (χ0v) is 11.0. The minimum absolute atomic E-state index is 0.471. The van der Waals surface area contributed by atoms with Gasteiger partial charge in [0.15, 0.2) is 5.82 Å². The molecule has 0 aliphatic heterocycles. The molecule has 2 heterocycles. The van der Waals surface area contributed by atoms with Crippen molar-refractivity contribution in [2.45, 2.75) is 13.5 Å². The van der Waals surface area contributed by atoms with E-state index in [1.807, 2.05) is 30.5 Å². The summed E-state index contributed by atoms with van der Waals surface area (Å²) in [5.74, 6) is 0.682. The summed E-state index contributed by atoms with van der Waals surface area (Å²) in [4.78, 5) is 11.6. The lowest BCUT2D eigenvalue weighted by atomic mass is 10.2. The van der Waals surface area contributed by atoms with E-state index in [4.69, 9.17) is 11.0 Å². The third-order valence-electron chi connectivity index (χ3n) is 2.61. The topological polar surface area (TPSA) is 78.8 Å². The van der Waals surface area contributed by atoms with Crippen LogP contribution in [0.5, 0.6) is 0 Å². The van der Waals surface area contributed by atoms with Crippen molar-refractivity contribution in [1.82, 2.24) is 9.97 Å². The molecule has 0 aliphatic carbocycles. The van der Waals surface area contributed by atoms with Gasteiger partial charge in [-0.25, -0.2) is 9.97 Å². The average Bonchev–Trinajstić information content (AvgIpc) is 2.74. The minimum atomic E-state index is 0.471. The molecule has 0 radical (unpaired) electrons. The number of aryl methyl sites for hydroxylation is 1. The van der Waals surface area contributed by atoms with Gasteiger partial charge in [-0.3, -0.25) is 0 Å². The molecule has 0 amide bonds. The van der Waals surface area contributed by atoms with Crippen LogP contribution in [0.1, 0.15) is 16.1 Å². The summed E-state index contributed by atoms with van der Waals surface area (Å²) in [6.45, 7) is 2.69. The Morgan fingerprint density at radius 2 is 2.28 bits per heavy atom. The van der Waals surface area contributed by atoms with Crippen LogP contribution in [0.3, 0.4) is 0 Å².